The topological polar surface area (TPSA) is 66.5 Å². The first kappa shape index (κ1) is 21.0. The monoisotopic (exact) mass is 402 g/mol. The molecule has 146 valence electrons. The third kappa shape index (κ3) is 7.15. The van der Waals surface area contributed by atoms with E-state index >= 15 is 0 Å². The lowest BCUT2D eigenvalue weighted by Gasteiger charge is -2.22. The summed E-state index contributed by atoms with van der Waals surface area (Å²) in [6.45, 7) is 0.222. The molecular formula is C18H27FN2O3S2. The number of nitrogens with one attached hydrogen (secondary N) is 1. The molecule has 0 bridgehead atoms. The van der Waals surface area contributed by atoms with Gasteiger partial charge in [-0.25, -0.2) is 12.8 Å². The Morgan fingerprint density at radius 2 is 1.88 bits per heavy atom. The van der Waals surface area contributed by atoms with Crippen molar-refractivity contribution in [3.8, 4) is 0 Å². The number of carbonyl (C=O) groups excluding carboxylic acids is 1. The molecule has 0 atom stereocenters. The number of sulfonamides is 1. The lowest BCUT2D eigenvalue weighted by molar-refractivity contribution is -0.119. The van der Waals surface area contributed by atoms with Gasteiger partial charge in [0.15, 0.2) is 0 Å². The summed E-state index contributed by atoms with van der Waals surface area (Å²) in [5.41, 5.74) is 0.275. The van der Waals surface area contributed by atoms with Crippen LogP contribution in [-0.4, -0.2) is 44.7 Å². The molecule has 0 radical (unpaired) electrons. The number of hydrogen-bond donors (Lipinski definition) is 1. The second-order valence-electron chi connectivity index (χ2n) is 6.58. The Bertz CT molecular complexity index is 674. The van der Waals surface area contributed by atoms with Crippen LogP contribution < -0.4 is 9.62 Å². The fourth-order valence-electron chi connectivity index (χ4n) is 2.98. The number of nitrogens with zero attached hydrogens (tertiary/aromatic N) is 1. The maximum atomic E-state index is 13.0. The van der Waals surface area contributed by atoms with Crippen LogP contribution in [0.25, 0.3) is 0 Å². The van der Waals surface area contributed by atoms with E-state index in [-0.39, 0.29) is 18.1 Å². The van der Waals surface area contributed by atoms with E-state index in [2.05, 4.69) is 5.32 Å². The smallest absolute Gasteiger partial charge is 0.240 e. The number of carbonyl (C=O) groups is 1. The van der Waals surface area contributed by atoms with Gasteiger partial charge in [-0.1, -0.05) is 19.3 Å². The molecule has 0 heterocycles. The van der Waals surface area contributed by atoms with Crippen LogP contribution in [-0.2, 0) is 14.8 Å². The summed E-state index contributed by atoms with van der Waals surface area (Å²) in [6.07, 6.45) is 8.46. The molecule has 1 aliphatic carbocycles. The highest BCUT2D eigenvalue weighted by Gasteiger charge is 2.20. The Morgan fingerprint density at radius 1 is 1.23 bits per heavy atom. The van der Waals surface area contributed by atoms with Crippen molar-refractivity contribution in [3.63, 3.8) is 0 Å². The highest BCUT2D eigenvalue weighted by Crippen LogP contribution is 2.28. The van der Waals surface area contributed by atoms with Crippen molar-refractivity contribution in [2.24, 2.45) is 0 Å². The number of hydrogen-bond acceptors (Lipinski definition) is 4. The van der Waals surface area contributed by atoms with E-state index in [0.717, 1.165) is 28.0 Å². The Labute approximate surface area is 159 Å². The minimum Gasteiger partial charge on any atom is -0.354 e. The van der Waals surface area contributed by atoms with Gasteiger partial charge in [0.2, 0.25) is 15.9 Å². The van der Waals surface area contributed by atoms with Gasteiger partial charge in [-0.3, -0.25) is 9.10 Å². The zero-order valence-electron chi connectivity index (χ0n) is 15.1. The maximum Gasteiger partial charge on any atom is 0.240 e. The van der Waals surface area contributed by atoms with E-state index in [1.165, 1.54) is 56.4 Å². The van der Waals surface area contributed by atoms with Gasteiger partial charge in [0, 0.05) is 11.8 Å². The van der Waals surface area contributed by atoms with Crippen LogP contribution >= 0.6 is 11.8 Å². The molecule has 1 aromatic carbocycles. The predicted octanol–water partition coefficient (Wildman–Crippen LogP) is 3.16. The Kier molecular flexibility index (Phi) is 8.21. The summed E-state index contributed by atoms with van der Waals surface area (Å²) in [5, 5.41) is 3.52. The molecule has 0 aliphatic heterocycles. The Morgan fingerprint density at radius 3 is 2.50 bits per heavy atom. The largest absolute Gasteiger partial charge is 0.354 e. The van der Waals surface area contributed by atoms with E-state index in [0.29, 0.717) is 6.54 Å². The van der Waals surface area contributed by atoms with Crippen LogP contribution in [0.15, 0.2) is 24.3 Å². The molecule has 0 aromatic heterocycles. The third-order valence-electron chi connectivity index (χ3n) is 4.35. The molecule has 1 N–H and O–H groups in total. The zero-order valence-corrected chi connectivity index (χ0v) is 16.8. The second-order valence-corrected chi connectivity index (χ2v) is 9.90. The van der Waals surface area contributed by atoms with Gasteiger partial charge in [-0.05, 0) is 49.3 Å². The number of benzene rings is 1. The summed E-state index contributed by atoms with van der Waals surface area (Å²) in [7, 11) is -3.63. The first-order chi connectivity index (χ1) is 12.4. The van der Waals surface area contributed by atoms with Gasteiger partial charge in [0.05, 0.1) is 11.9 Å². The van der Waals surface area contributed by atoms with Crippen molar-refractivity contribution in [3.05, 3.63) is 30.1 Å². The molecular weight excluding hydrogens is 375 g/mol. The van der Waals surface area contributed by atoms with E-state index in [1.54, 1.807) is 0 Å². The maximum absolute atomic E-state index is 13.0. The minimum absolute atomic E-state index is 0.275. The summed E-state index contributed by atoms with van der Waals surface area (Å²) in [5.74, 6) is 0.183. The number of anilines is 1. The normalized spacial score (nSPS) is 15.6. The second kappa shape index (κ2) is 10.2. The molecule has 1 aromatic rings. The average molecular weight is 403 g/mol. The first-order valence-corrected chi connectivity index (χ1v) is 11.9. The van der Waals surface area contributed by atoms with Crippen molar-refractivity contribution < 1.29 is 17.6 Å². The number of thioether (sulfide) groups is 1. The van der Waals surface area contributed by atoms with E-state index < -0.39 is 15.8 Å². The lowest BCUT2D eigenvalue weighted by atomic mass is 10.0. The van der Waals surface area contributed by atoms with Gasteiger partial charge in [-0.2, -0.15) is 11.8 Å². The van der Waals surface area contributed by atoms with Gasteiger partial charge in [0.1, 0.15) is 12.4 Å². The molecule has 1 saturated carbocycles. The molecule has 1 aliphatic rings. The standard InChI is InChI=1S/C18H27FN2O3S2/c1-26(23,24)21(16-10-8-15(19)9-11-16)14-18(22)20-12-5-13-25-17-6-3-2-4-7-17/h8-11,17H,2-7,12-14H2,1H3,(H,20,22). The van der Waals surface area contributed by atoms with Crippen LogP contribution in [0.1, 0.15) is 38.5 Å². The van der Waals surface area contributed by atoms with Crippen molar-refractivity contribution in [1.82, 2.24) is 5.32 Å². The Balaban J connectivity index is 1.75. The van der Waals surface area contributed by atoms with Crippen molar-refractivity contribution in [2.75, 3.05) is 29.4 Å². The molecule has 0 spiro atoms. The summed E-state index contributed by atoms with van der Waals surface area (Å²) >= 11 is 1.97. The van der Waals surface area contributed by atoms with Crippen LogP contribution in [0.2, 0.25) is 0 Å². The third-order valence-corrected chi connectivity index (χ3v) is 6.96. The molecule has 5 nitrogen and oxygen atoms in total. The molecule has 0 saturated heterocycles. The number of halogens is 1. The van der Waals surface area contributed by atoms with Gasteiger partial charge < -0.3 is 5.32 Å². The fourth-order valence-corrected chi connectivity index (χ4v) is 5.14. The zero-order chi connectivity index (χ0) is 19.0. The Hall–Kier alpha value is -1.28. The lowest BCUT2D eigenvalue weighted by Crippen LogP contribution is -2.40. The van der Waals surface area contributed by atoms with Crippen molar-refractivity contribution in [1.29, 1.82) is 0 Å². The van der Waals surface area contributed by atoms with E-state index in [4.69, 9.17) is 0 Å². The van der Waals surface area contributed by atoms with Crippen LogP contribution in [0.4, 0.5) is 10.1 Å². The van der Waals surface area contributed by atoms with Crippen molar-refractivity contribution in [2.45, 2.75) is 43.8 Å². The van der Waals surface area contributed by atoms with E-state index in [1.807, 2.05) is 11.8 Å². The van der Waals surface area contributed by atoms with Crippen LogP contribution in [0.3, 0.4) is 0 Å². The molecule has 2 rings (SSSR count). The average Bonchev–Trinajstić information content (AvgIpc) is 2.60. The molecule has 1 amide bonds. The highest BCUT2D eigenvalue weighted by molar-refractivity contribution is 7.99. The highest BCUT2D eigenvalue weighted by atomic mass is 32.2. The van der Waals surface area contributed by atoms with Gasteiger partial charge >= 0.3 is 0 Å². The fraction of sp³-hybridized carbons (Fsp3) is 0.611. The van der Waals surface area contributed by atoms with Gasteiger partial charge in [-0.15, -0.1) is 0 Å². The molecule has 0 unspecified atom stereocenters. The van der Waals surface area contributed by atoms with Crippen molar-refractivity contribution >= 4 is 33.4 Å². The summed E-state index contributed by atoms with van der Waals surface area (Å²) in [4.78, 5) is 12.1. The first-order valence-electron chi connectivity index (χ1n) is 8.98. The molecule has 1 fully saturated rings. The summed E-state index contributed by atoms with van der Waals surface area (Å²) in [6, 6.07) is 5.05. The minimum atomic E-state index is -3.63. The summed E-state index contributed by atoms with van der Waals surface area (Å²) < 4.78 is 37.9. The predicted molar refractivity (Wildman–Crippen MR) is 106 cm³/mol. The van der Waals surface area contributed by atoms with Crippen LogP contribution in [0.5, 0.6) is 0 Å². The number of rotatable bonds is 9. The SMILES string of the molecule is CS(=O)(=O)N(CC(=O)NCCCSC1CCCCC1)c1ccc(F)cc1. The van der Waals surface area contributed by atoms with Gasteiger partial charge in [0.25, 0.3) is 0 Å². The molecule has 8 heteroatoms. The van der Waals surface area contributed by atoms with Crippen LogP contribution in [0, 0.1) is 5.82 Å². The quantitative estimate of drug-likeness (QED) is 0.645. The molecule has 26 heavy (non-hydrogen) atoms. The number of amides is 1. The van der Waals surface area contributed by atoms with E-state index in [9.17, 15) is 17.6 Å².